The van der Waals surface area contributed by atoms with Crippen LogP contribution in [0.5, 0.6) is 11.5 Å². The molecule has 0 saturated heterocycles. The second-order valence-electron chi connectivity index (χ2n) is 5.42. The van der Waals surface area contributed by atoms with E-state index >= 15 is 0 Å². The fourth-order valence-electron chi connectivity index (χ4n) is 2.53. The molecule has 0 atom stereocenters. The van der Waals surface area contributed by atoms with Gasteiger partial charge in [-0.3, -0.25) is 4.79 Å². The highest BCUT2D eigenvalue weighted by molar-refractivity contribution is 6.06. The number of ketones is 1. The van der Waals surface area contributed by atoms with Gasteiger partial charge in [-0.2, -0.15) is 0 Å². The Hall–Kier alpha value is -3.01. The van der Waals surface area contributed by atoms with Gasteiger partial charge in [0.15, 0.2) is 17.3 Å². The molecule has 1 heterocycles. The summed E-state index contributed by atoms with van der Waals surface area (Å²) in [5, 5.41) is 0.916. The van der Waals surface area contributed by atoms with Crippen molar-refractivity contribution >= 4 is 22.8 Å². The zero-order valence-corrected chi connectivity index (χ0v) is 14.3. The van der Waals surface area contributed by atoms with E-state index in [1.54, 1.807) is 12.1 Å². The lowest BCUT2D eigenvalue weighted by Crippen LogP contribution is -1.98. The maximum absolute atomic E-state index is 12.3. The smallest absolute Gasteiger partial charge is 0.221 e. The van der Waals surface area contributed by atoms with Gasteiger partial charge in [0.1, 0.15) is 5.58 Å². The van der Waals surface area contributed by atoms with Crippen LogP contribution >= 0.6 is 0 Å². The number of hydrogen-bond donors (Lipinski definition) is 0. The van der Waals surface area contributed by atoms with E-state index in [1.165, 1.54) is 6.08 Å². The molecular formula is C21H20O4. The average molecular weight is 336 g/mol. The number of benzene rings is 2. The minimum absolute atomic E-state index is 0.178. The number of furan rings is 1. The Morgan fingerprint density at radius 1 is 1.00 bits per heavy atom. The summed E-state index contributed by atoms with van der Waals surface area (Å²) in [7, 11) is 0. The van der Waals surface area contributed by atoms with E-state index in [-0.39, 0.29) is 5.78 Å². The molecule has 3 aromatic rings. The third-order valence-corrected chi connectivity index (χ3v) is 3.66. The molecule has 128 valence electrons. The fourth-order valence-corrected chi connectivity index (χ4v) is 2.53. The zero-order chi connectivity index (χ0) is 17.6. The first-order valence-electron chi connectivity index (χ1n) is 8.32. The predicted molar refractivity (Wildman–Crippen MR) is 98.4 cm³/mol. The number of carbonyl (C=O) groups is 1. The van der Waals surface area contributed by atoms with Crippen molar-refractivity contribution < 1.29 is 18.7 Å². The van der Waals surface area contributed by atoms with Gasteiger partial charge >= 0.3 is 0 Å². The summed E-state index contributed by atoms with van der Waals surface area (Å²) in [5.74, 6) is 1.52. The summed E-state index contributed by atoms with van der Waals surface area (Å²) >= 11 is 0. The molecule has 0 spiro atoms. The van der Waals surface area contributed by atoms with Crippen LogP contribution in [0.25, 0.3) is 17.0 Å². The van der Waals surface area contributed by atoms with Crippen LogP contribution in [0.3, 0.4) is 0 Å². The van der Waals surface area contributed by atoms with Crippen molar-refractivity contribution in [1.82, 2.24) is 0 Å². The van der Waals surface area contributed by atoms with E-state index in [1.807, 2.05) is 56.3 Å². The van der Waals surface area contributed by atoms with Crippen LogP contribution in [0.15, 0.2) is 59.0 Å². The van der Waals surface area contributed by atoms with Crippen molar-refractivity contribution in [1.29, 1.82) is 0 Å². The minimum atomic E-state index is -0.178. The molecule has 0 N–H and O–H groups in total. The van der Waals surface area contributed by atoms with Crippen molar-refractivity contribution in [2.24, 2.45) is 0 Å². The summed E-state index contributed by atoms with van der Waals surface area (Å²) in [6, 6.07) is 14.9. The van der Waals surface area contributed by atoms with Crippen LogP contribution < -0.4 is 9.47 Å². The van der Waals surface area contributed by atoms with E-state index in [2.05, 4.69) is 0 Å². The molecule has 0 unspecified atom stereocenters. The predicted octanol–water partition coefficient (Wildman–Crippen LogP) is 5.13. The van der Waals surface area contributed by atoms with Crippen molar-refractivity contribution in [3.8, 4) is 11.5 Å². The quantitative estimate of drug-likeness (QED) is 0.443. The van der Waals surface area contributed by atoms with Crippen LogP contribution in [0.2, 0.25) is 0 Å². The van der Waals surface area contributed by atoms with E-state index in [9.17, 15) is 4.79 Å². The van der Waals surface area contributed by atoms with Gasteiger partial charge in [-0.05, 0) is 49.8 Å². The lowest BCUT2D eigenvalue weighted by molar-refractivity contribution is 0.102. The first kappa shape index (κ1) is 16.8. The lowest BCUT2D eigenvalue weighted by atomic mass is 10.1. The van der Waals surface area contributed by atoms with E-state index in [4.69, 9.17) is 13.9 Å². The van der Waals surface area contributed by atoms with Gasteiger partial charge in [-0.25, -0.2) is 0 Å². The normalized spacial score (nSPS) is 11.1. The monoisotopic (exact) mass is 336 g/mol. The largest absolute Gasteiger partial charge is 0.490 e. The molecule has 0 fully saturated rings. The minimum Gasteiger partial charge on any atom is -0.490 e. The maximum Gasteiger partial charge on any atom is 0.221 e. The van der Waals surface area contributed by atoms with Crippen molar-refractivity contribution in [3.63, 3.8) is 0 Å². The van der Waals surface area contributed by atoms with Gasteiger partial charge < -0.3 is 13.9 Å². The van der Waals surface area contributed by atoms with E-state index < -0.39 is 0 Å². The SMILES string of the molecule is CCOc1ccc(/C=C/C(=O)c2cc3ccccc3o2)cc1OCC. The van der Waals surface area contributed by atoms with E-state index in [0.717, 1.165) is 10.9 Å². The Balaban J connectivity index is 1.80. The molecule has 25 heavy (non-hydrogen) atoms. The highest BCUT2D eigenvalue weighted by atomic mass is 16.5. The topological polar surface area (TPSA) is 48.7 Å². The summed E-state index contributed by atoms with van der Waals surface area (Å²) in [4.78, 5) is 12.3. The first-order valence-corrected chi connectivity index (χ1v) is 8.32. The van der Waals surface area contributed by atoms with Crippen molar-refractivity contribution in [3.05, 3.63) is 65.9 Å². The molecule has 3 rings (SSSR count). The third kappa shape index (κ3) is 3.91. The molecule has 0 aliphatic rings. The fraction of sp³-hybridized carbons (Fsp3) is 0.190. The van der Waals surface area contributed by atoms with Crippen LogP contribution in [0.1, 0.15) is 30.0 Å². The highest BCUT2D eigenvalue weighted by Gasteiger charge is 2.09. The van der Waals surface area contributed by atoms with Crippen LogP contribution in [-0.4, -0.2) is 19.0 Å². The highest BCUT2D eigenvalue weighted by Crippen LogP contribution is 2.29. The Morgan fingerprint density at radius 3 is 2.52 bits per heavy atom. The molecule has 0 aliphatic heterocycles. The van der Waals surface area contributed by atoms with Gasteiger partial charge in [0.05, 0.1) is 13.2 Å². The van der Waals surface area contributed by atoms with Crippen LogP contribution in [-0.2, 0) is 0 Å². The molecule has 0 amide bonds. The number of ether oxygens (including phenoxy) is 2. The molecule has 0 aliphatic carbocycles. The molecule has 0 saturated carbocycles. The Bertz CT molecular complexity index is 872. The number of rotatable bonds is 7. The number of para-hydroxylation sites is 1. The number of allylic oxidation sites excluding steroid dienone is 1. The molecule has 0 bridgehead atoms. The van der Waals surface area contributed by atoms with E-state index in [0.29, 0.717) is 36.1 Å². The Labute approximate surface area is 146 Å². The van der Waals surface area contributed by atoms with Gasteiger partial charge in [0, 0.05) is 5.39 Å². The first-order chi connectivity index (χ1) is 12.2. The molecular weight excluding hydrogens is 316 g/mol. The summed E-state index contributed by atoms with van der Waals surface area (Å²) in [6.07, 6.45) is 3.25. The zero-order valence-electron chi connectivity index (χ0n) is 14.3. The van der Waals surface area contributed by atoms with Gasteiger partial charge in [-0.15, -0.1) is 0 Å². The average Bonchev–Trinajstić information content (AvgIpc) is 3.06. The molecule has 2 aromatic carbocycles. The Kier molecular flexibility index (Phi) is 5.19. The molecule has 1 aromatic heterocycles. The van der Waals surface area contributed by atoms with Crippen molar-refractivity contribution in [2.75, 3.05) is 13.2 Å². The van der Waals surface area contributed by atoms with Crippen LogP contribution in [0, 0.1) is 0 Å². The summed E-state index contributed by atoms with van der Waals surface area (Å²) in [5.41, 5.74) is 1.57. The summed E-state index contributed by atoms with van der Waals surface area (Å²) in [6.45, 7) is 4.96. The summed E-state index contributed by atoms with van der Waals surface area (Å²) < 4.78 is 16.7. The number of fused-ring (bicyclic) bond motifs is 1. The standard InChI is InChI=1S/C21H20O4/c1-3-23-19-12-10-15(13-21(19)24-4-2)9-11-17(22)20-14-16-7-5-6-8-18(16)25-20/h5-14H,3-4H2,1-2H3/b11-9+. The lowest BCUT2D eigenvalue weighted by Gasteiger charge is -2.11. The van der Waals surface area contributed by atoms with Crippen LogP contribution in [0.4, 0.5) is 0 Å². The number of hydrogen-bond acceptors (Lipinski definition) is 4. The Morgan fingerprint density at radius 2 is 1.76 bits per heavy atom. The molecule has 4 nitrogen and oxygen atoms in total. The second kappa shape index (κ2) is 7.71. The molecule has 0 radical (unpaired) electrons. The number of carbonyl (C=O) groups excluding carboxylic acids is 1. The third-order valence-electron chi connectivity index (χ3n) is 3.66. The van der Waals surface area contributed by atoms with Crippen molar-refractivity contribution in [2.45, 2.75) is 13.8 Å². The molecule has 4 heteroatoms. The maximum atomic E-state index is 12.3. The van der Waals surface area contributed by atoms with Gasteiger partial charge in [0.25, 0.3) is 0 Å². The van der Waals surface area contributed by atoms with Gasteiger partial charge in [-0.1, -0.05) is 30.3 Å². The van der Waals surface area contributed by atoms with Gasteiger partial charge in [0.2, 0.25) is 5.78 Å². The second-order valence-corrected chi connectivity index (χ2v) is 5.42.